The van der Waals surface area contributed by atoms with Crippen molar-refractivity contribution in [1.82, 2.24) is 19.9 Å². The molecule has 2 aromatic rings. The maximum Gasteiger partial charge on any atom is 0.196 e. The van der Waals surface area contributed by atoms with Gasteiger partial charge in [-0.3, -0.25) is 5.41 Å². The van der Waals surface area contributed by atoms with E-state index in [-0.39, 0.29) is 5.84 Å². The molecule has 0 aliphatic heterocycles. The van der Waals surface area contributed by atoms with Crippen molar-refractivity contribution >= 4 is 17.6 Å². The number of nitrogens with one attached hydrogen (secondary N) is 2. The van der Waals surface area contributed by atoms with Crippen LogP contribution in [0.4, 0.5) is 0 Å². The minimum atomic E-state index is -0.0707. The Bertz CT molecular complexity index is 466. The Labute approximate surface area is 89.9 Å². The molecule has 0 radical (unpaired) electrons. The summed E-state index contributed by atoms with van der Waals surface area (Å²) in [6, 6.07) is 1.59. The number of nitrogens with zero attached hydrogens (tertiary/aromatic N) is 3. The summed E-state index contributed by atoms with van der Waals surface area (Å²) in [5.74, 6) is -0.0707. The molecule has 6 nitrogen and oxygen atoms in total. The van der Waals surface area contributed by atoms with Gasteiger partial charge in [0.1, 0.15) is 11.5 Å². The maximum absolute atomic E-state index is 7.24. The Morgan fingerprint density at radius 1 is 1.40 bits per heavy atom. The number of nitrogens with two attached hydrogens (primary N) is 1. The first-order chi connectivity index (χ1) is 7.25. The second-order valence-electron chi connectivity index (χ2n) is 2.63. The summed E-state index contributed by atoms with van der Waals surface area (Å²) in [7, 11) is 0. The largest absolute Gasteiger partial charge is 0.382 e. The van der Waals surface area contributed by atoms with Gasteiger partial charge in [-0.15, -0.1) is 0 Å². The minimum absolute atomic E-state index is 0.0707. The van der Waals surface area contributed by atoms with Crippen molar-refractivity contribution in [3.8, 4) is 0 Å². The number of aromatic nitrogens is 4. The second-order valence-corrected chi connectivity index (χ2v) is 3.59. The summed E-state index contributed by atoms with van der Waals surface area (Å²) in [5, 5.41) is 8.45. The fraction of sp³-hybridized carbons (Fsp3) is 0. The molecule has 0 fully saturated rings. The number of rotatable bonds is 3. The smallest absolute Gasteiger partial charge is 0.196 e. The van der Waals surface area contributed by atoms with Crippen molar-refractivity contribution < 1.29 is 0 Å². The van der Waals surface area contributed by atoms with E-state index in [0.29, 0.717) is 16.0 Å². The lowest BCUT2D eigenvalue weighted by Crippen LogP contribution is -2.13. The van der Waals surface area contributed by atoms with Gasteiger partial charge in [-0.05, 0) is 17.8 Å². The molecule has 4 N–H and O–H groups in total. The molecule has 0 amide bonds. The molecule has 0 saturated heterocycles. The third-order valence-electron chi connectivity index (χ3n) is 1.57. The van der Waals surface area contributed by atoms with E-state index >= 15 is 0 Å². The zero-order valence-electron chi connectivity index (χ0n) is 7.64. The predicted octanol–water partition coefficient (Wildman–Crippen LogP) is 0.635. The molecule has 0 atom stereocenters. The number of H-pyrrole nitrogens is 1. The van der Waals surface area contributed by atoms with Crippen LogP contribution in [0.3, 0.4) is 0 Å². The highest BCUT2D eigenvalue weighted by Gasteiger charge is 2.04. The summed E-state index contributed by atoms with van der Waals surface area (Å²) in [6.45, 7) is 0. The molecule has 0 unspecified atom stereocenters. The van der Waals surface area contributed by atoms with Gasteiger partial charge in [-0.2, -0.15) is 0 Å². The number of aromatic amines is 1. The van der Waals surface area contributed by atoms with Crippen LogP contribution in [0.5, 0.6) is 0 Å². The van der Waals surface area contributed by atoms with Crippen LogP contribution in [-0.2, 0) is 0 Å². The minimum Gasteiger partial charge on any atom is -0.382 e. The average molecular weight is 220 g/mol. The molecule has 15 heavy (non-hydrogen) atoms. The molecular formula is C8H8N6S. The van der Waals surface area contributed by atoms with Crippen LogP contribution in [0.25, 0.3) is 0 Å². The second kappa shape index (κ2) is 4.09. The molecule has 0 spiro atoms. The van der Waals surface area contributed by atoms with Crippen LogP contribution in [0, 0.1) is 5.41 Å². The van der Waals surface area contributed by atoms with Crippen LogP contribution in [0.1, 0.15) is 5.69 Å². The van der Waals surface area contributed by atoms with Gasteiger partial charge in [0.2, 0.25) is 0 Å². The fourth-order valence-corrected chi connectivity index (χ4v) is 1.60. The first-order valence-electron chi connectivity index (χ1n) is 4.10. The highest BCUT2D eigenvalue weighted by molar-refractivity contribution is 7.99. The number of imidazole rings is 1. The molecule has 0 saturated carbocycles. The summed E-state index contributed by atoms with van der Waals surface area (Å²) in [6.07, 6.45) is 4.93. The van der Waals surface area contributed by atoms with Gasteiger partial charge < -0.3 is 10.7 Å². The molecule has 0 aliphatic carbocycles. The van der Waals surface area contributed by atoms with Crippen LogP contribution in [0.2, 0.25) is 0 Å². The fourth-order valence-electron chi connectivity index (χ4n) is 0.933. The van der Waals surface area contributed by atoms with E-state index in [1.165, 1.54) is 11.8 Å². The molecular weight excluding hydrogens is 212 g/mol. The van der Waals surface area contributed by atoms with Crippen LogP contribution in [-0.4, -0.2) is 25.8 Å². The lowest BCUT2D eigenvalue weighted by Gasteiger charge is -1.99. The molecule has 0 aromatic carbocycles. The SMILES string of the molecule is N=C(N)c1ccnc(Sc2ncc[nH]2)n1. The maximum atomic E-state index is 7.24. The normalized spacial score (nSPS) is 10.1. The van der Waals surface area contributed by atoms with E-state index in [4.69, 9.17) is 11.1 Å². The monoisotopic (exact) mass is 220 g/mol. The Balaban J connectivity index is 2.22. The van der Waals surface area contributed by atoms with Gasteiger partial charge in [0, 0.05) is 18.6 Å². The van der Waals surface area contributed by atoms with Crippen LogP contribution < -0.4 is 5.73 Å². The summed E-state index contributed by atoms with van der Waals surface area (Å²) < 4.78 is 0. The molecule has 2 aromatic heterocycles. The van der Waals surface area contributed by atoms with Gasteiger partial charge in [0.25, 0.3) is 0 Å². The van der Waals surface area contributed by atoms with E-state index in [1.54, 1.807) is 24.7 Å². The van der Waals surface area contributed by atoms with E-state index in [9.17, 15) is 0 Å². The Morgan fingerprint density at radius 3 is 2.93 bits per heavy atom. The summed E-state index contributed by atoms with van der Waals surface area (Å²) in [4.78, 5) is 15.1. The quantitative estimate of drug-likeness (QED) is 0.400. The lowest BCUT2D eigenvalue weighted by atomic mass is 10.4. The van der Waals surface area contributed by atoms with Gasteiger partial charge in [0.05, 0.1) is 0 Å². The number of hydrogen-bond donors (Lipinski definition) is 3. The highest BCUT2D eigenvalue weighted by Crippen LogP contribution is 2.19. The topological polar surface area (TPSA) is 104 Å². The standard InChI is InChI=1S/C8H8N6S/c9-6(10)5-1-2-11-8(14-5)15-7-12-3-4-13-7/h1-4H,(H3,9,10)(H,12,13). The molecule has 0 aliphatic rings. The van der Waals surface area contributed by atoms with Crippen molar-refractivity contribution in [2.75, 3.05) is 0 Å². The summed E-state index contributed by atoms with van der Waals surface area (Å²) in [5.41, 5.74) is 5.73. The Kier molecular flexibility index (Phi) is 2.64. The first-order valence-corrected chi connectivity index (χ1v) is 4.92. The summed E-state index contributed by atoms with van der Waals surface area (Å²) >= 11 is 1.28. The van der Waals surface area contributed by atoms with Crippen molar-refractivity contribution in [3.63, 3.8) is 0 Å². The van der Waals surface area contributed by atoms with Gasteiger partial charge >= 0.3 is 0 Å². The molecule has 76 valence electrons. The van der Waals surface area contributed by atoms with E-state index < -0.39 is 0 Å². The van der Waals surface area contributed by atoms with Gasteiger partial charge in [-0.25, -0.2) is 15.0 Å². The molecule has 2 rings (SSSR count). The van der Waals surface area contributed by atoms with E-state index in [1.807, 2.05) is 0 Å². The third-order valence-corrected chi connectivity index (χ3v) is 2.37. The first kappa shape index (κ1) is 9.66. The van der Waals surface area contributed by atoms with E-state index in [2.05, 4.69) is 19.9 Å². The van der Waals surface area contributed by atoms with Crippen molar-refractivity contribution in [2.45, 2.75) is 10.3 Å². The zero-order chi connectivity index (χ0) is 10.7. The van der Waals surface area contributed by atoms with Gasteiger partial charge in [-0.1, -0.05) is 0 Å². The van der Waals surface area contributed by atoms with Crippen molar-refractivity contribution in [2.24, 2.45) is 5.73 Å². The number of hydrogen-bond acceptors (Lipinski definition) is 5. The lowest BCUT2D eigenvalue weighted by molar-refractivity contribution is 0.940. The van der Waals surface area contributed by atoms with Crippen molar-refractivity contribution in [3.05, 3.63) is 30.4 Å². The van der Waals surface area contributed by atoms with E-state index in [0.717, 1.165) is 0 Å². The Morgan fingerprint density at radius 2 is 2.27 bits per heavy atom. The zero-order valence-corrected chi connectivity index (χ0v) is 8.45. The van der Waals surface area contributed by atoms with Crippen molar-refractivity contribution in [1.29, 1.82) is 5.41 Å². The number of nitrogen functional groups attached to an aromatic ring is 1. The van der Waals surface area contributed by atoms with Gasteiger partial charge in [0.15, 0.2) is 10.3 Å². The van der Waals surface area contributed by atoms with Crippen LogP contribution >= 0.6 is 11.8 Å². The highest BCUT2D eigenvalue weighted by atomic mass is 32.2. The molecule has 0 bridgehead atoms. The molecule has 7 heteroatoms. The van der Waals surface area contributed by atoms with Crippen LogP contribution in [0.15, 0.2) is 35.0 Å². The molecule has 2 heterocycles. The Hall–Kier alpha value is -1.89. The predicted molar refractivity (Wildman–Crippen MR) is 55.8 cm³/mol. The average Bonchev–Trinajstić information content (AvgIpc) is 2.71. The number of amidine groups is 1. The third kappa shape index (κ3) is 2.32.